The number of rotatable bonds is 9. The van der Waals surface area contributed by atoms with E-state index in [1.165, 1.54) is 5.82 Å². The molecule has 0 aliphatic rings. The van der Waals surface area contributed by atoms with Gasteiger partial charge in [-0.05, 0) is 12.8 Å². The fourth-order valence-electron chi connectivity index (χ4n) is 0.815. The Bertz CT molecular complexity index is 178. The van der Waals surface area contributed by atoms with Gasteiger partial charge >= 0.3 is 7.60 Å². The zero-order valence-electron chi connectivity index (χ0n) is 9.20. The minimum Gasteiger partial charge on any atom is -0.306 e. The first-order valence-electron chi connectivity index (χ1n) is 5.21. The summed E-state index contributed by atoms with van der Waals surface area (Å²) in [7, 11) is -3.00. The van der Waals surface area contributed by atoms with Gasteiger partial charge in [0.1, 0.15) is 0 Å². The normalized spacial score (nSPS) is 11.6. The molecule has 0 rings (SSSR count). The first kappa shape index (κ1) is 13.9. The van der Waals surface area contributed by atoms with E-state index in [-0.39, 0.29) is 0 Å². The van der Waals surface area contributed by atoms with Crippen molar-refractivity contribution in [2.24, 2.45) is 0 Å². The maximum absolute atomic E-state index is 11.8. The SMILES string of the molecule is C=CP(=O)(OCCCC)OCCCC. The second-order valence-corrected chi connectivity index (χ2v) is 5.06. The van der Waals surface area contributed by atoms with E-state index in [4.69, 9.17) is 9.05 Å². The zero-order chi connectivity index (χ0) is 10.9. The second-order valence-electron chi connectivity index (χ2n) is 3.10. The molecule has 84 valence electrons. The molecule has 0 aliphatic heterocycles. The molecule has 0 aliphatic carbocycles. The molecule has 0 spiro atoms. The second kappa shape index (κ2) is 8.22. The third-order valence-electron chi connectivity index (χ3n) is 1.76. The van der Waals surface area contributed by atoms with Gasteiger partial charge in [-0.2, -0.15) is 0 Å². The Balaban J connectivity index is 3.80. The molecule has 0 unspecified atom stereocenters. The lowest BCUT2D eigenvalue weighted by Crippen LogP contribution is -1.97. The lowest BCUT2D eigenvalue weighted by atomic mass is 10.4. The topological polar surface area (TPSA) is 35.5 Å². The number of hydrogen-bond donors (Lipinski definition) is 0. The molecule has 0 bridgehead atoms. The molecule has 0 amide bonds. The van der Waals surface area contributed by atoms with Crippen molar-refractivity contribution in [1.29, 1.82) is 0 Å². The van der Waals surface area contributed by atoms with E-state index in [0.29, 0.717) is 13.2 Å². The first-order valence-corrected chi connectivity index (χ1v) is 6.82. The summed E-state index contributed by atoms with van der Waals surface area (Å²) in [5, 5.41) is 0. The van der Waals surface area contributed by atoms with E-state index >= 15 is 0 Å². The van der Waals surface area contributed by atoms with Crippen molar-refractivity contribution in [3.63, 3.8) is 0 Å². The maximum Gasteiger partial charge on any atom is 0.353 e. The molecule has 3 nitrogen and oxygen atoms in total. The highest BCUT2D eigenvalue weighted by Gasteiger charge is 2.18. The lowest BCUT2D eigenvalue weighted by Gasteiger charge is -2.14. The Morgan fingerprint density at radius 2 is 1.57 bits per heavy atom. The van der Waals surface area contributed by atoms with Crippen LogP contribution in [0.1, 0.15) is 39.5 Å². The molecule has 0 radical (unpaired) electrons. The average Bonchev–Trinajstić information content (AvgIpc) is 2.19. The highest BCUT2D eigenvalue weighted by molar-refractivity contribution is 7.57. The van der Waals surface area contributed by atoms with Crippen molar-refractivity contribution in [3.8, 4) is 0 Å². The van der Waals surface area contributed by atoms with Crippen LogP contribution in [0, 0.1) is 0 Å². The van der Waals surface area contributed by atoms with E-state index < -0.39 is 7.60 Å². The molecule has 0 aromatic rings. The predicted octanol–water partition coefficient (Wildman–Crippen LogP) is 3.96. The molecule has 0 aromatic heterocycles. The smallest absolute Gasteiger partial charge is 0.306 e. The van der Waals surface area contributed by atoms with Crippen molar-refractivity contribution in [3.05, 3.63) is 12.4 Å². The van der Waals surface area contributed by atoms with Crippen molar-refractivity contribution >= 4 is 7.60 Å². The van der Waals surface area contributed by atoms with Gasteiger partial charge in [0.15, 0.2) is 0 Å². The molecular weight excluding hydrogens is 199 g/mol. The van der Waals surface area contributed by atoms with E-state index in [9.17, 15) is 4.57 Å². The third-order valence-corrected chi connectivity index (χ3v) is 3.29. The molecule has 0 aromatic carbocycles. The Hall–Kier alpha value is -0.110. The molecule has 14 heavy (non-hydrogen) atoms. The highest BCUT2D eigenvalue weighted by Crippen LogP contribution is 2.49. The van der Waals surface area contributed by atoms with Gasteiger partial charge in [0, 0.05) is 5.82 Å². The number of hydrogen-bond acceptors (Lipinski definition) is 3. The van der Waals surface area contributed by atoms with Gasteiger partial charge in [-0.1, -0.05) is 33.3 Å². The molecule has 0 saturated heterocycles. The maximum atomic E-state index is 11.8. The molecule has 0 heterocycles. The van der Waals surface area contributed by atoms with Gasteiger partial charge in [-0.25, -0.2) is 0 Å². The fraction of sp³-hybridized carbons (Fsp3) is 0.800. The van der Waals surface area contributed by atoms with Crippen molar-refractivity contribution in [2.45, 2.75) is 39.5 Å². The molecule has 0 fully saturated rings. The minimum atomic E-state index is -3.00. The van der Waals surface area contributed by atoms with E-state index in [2.05, 4.69) is 20.4 Å². The minimum absolute atomic E-state index is 0.478. The molecule has 0 N–H and O–H groups in total. The largest absolute Gasteiger partial charge is 0.353 e. The summed E-state index contributed by atoms with van der Waals surface area (Å²) in [6.45, 7) is 8.54. The van der Waals surface area contributed by atoms with Crippen LogP contribution in [0.4, 0.5) is 0 Å². The first-order chi connectivity index (χ1) is 6.68. The van der Waals surface area contributed by atoms with Gasteiger partial charge < -0.3 is 9.05 Å². The quantitative estimate of drug-likeness (QED) is 0.436. The third kappa shape index (κ3) is 6.36. The Labute approximate surface area is 87.0 Å². The fourth-order valence-corrected chi connectivity index (χ4v) is 1.87. The summed E-state index contributed by atoms with van der Waals surface area (Å²) >= 11 is 0. The van der Waals surface area contributed by atoms with Crippen LogP contribution in [-0.4, -0.2) is 13.2 Å². The van der Waals surface area contributed by atoms with Crippen LogP contribution in [0.5, 0.6) is 0 Å². The van der Waals surface area contributed by atoms with Gasteiger partial charge in [0.05, 0.1) is 13.2 Å². The Morgan fingerprint density at radius 1 is 1.14 bits per heavy atom. The molecule has 0 atom stereocenters. The molecule has 0 saturated carbocycles. The average molecular weight is 220 g/mol. The van der Waals surface area contributed by atoms with Crippen molar-refractivity contribution in [2.75, 3.05) is 13.2 Å². The monoisotopic (exact) mass is 220 g/mol. The van der Waals surface area contributed by atoms with Gasteiger partial charge in [-0.15, -0.1) is 0 Å². The number of unbranched alkanes of at least 4 members (excludes halogenated alkanes) is 2. The summed E-state index contributed by atoms with van der Waals surface area (Å²) in [6, 6.07) is 0. The summed E-state index contributed by atoms with van der Waals surface area (Å²) in [4.78, 5) is 0. The zero-order valence-corrected chi connectivity index (χ0v) is 10.1. The van der Waals surface area contributed by atoms with Crippen LogP contribution in [0.25, 0.3) is 0 Å². The highest BCUT2D eigenvalue weighted by atomic mass is 31.2. The Kier molecular flexibility index (Phi) is 8.15. The molecule has 4 heteroatoms. The van der Waals surface area contributed by atoms with E-state index in [1.54, 1.807) is 0 Å². The van der Waals surface area contributed by atoms with Crippen LogP contribution < -0.4 is 0 Å². The Morgan fingerprint density at radius 3 is 1.86 bits per heavy atom. The van der Waals surface area contributed by atoms with Gasteiger partial charge in [-0.3, -0.25) is 4.57 Å². The standard InChI is InChI=1S/C10H21O3P/c1-4-7-9-12-14(11,6-3)13-10-8-5-2/h6H,3-5,7-10H2,1-2H3. The van der Waals surface area contributed by atoms with Crippen LogP contribution in [-0.2, 0) is 13.6 Å². The molecular formula is C10H21O3P. The van der Waals surface area contributed by atoms with Crippen molar-refractivity contribution in [1.82, 2.24) is 0 Å². The summed E-state index contributed by atoms with van der Waals surface area (Å²) in [5.41, 5.74) is 0. The summed E-state index contributed by atoms with van der Waals surface area (Å²) < 4.78 is 22.1. The van der Waals surface area contributed by atoms with E-state index in [1.807, 2.05) is 0 Å². The van der Waals surface area contributed by atoms with Crippen LogP contribution in [0.2, 0.25) is 0 Å². The summed E-state index contributed by atoms with van der Waals surface area (Å²) in [6.07, 6.45) is 3.84. The summed E-state index contributed by atoms with van der Waals surface area (Å²) in [5.74, 6) is 1.29. The van der Waals surface area contributed by atoms with Crippen LogP contribution in [0.3, 0.4) is 0 Å². The predicted molar refractivity (Wildman–Crippen MR) is 59.5 cm³/mol. The van der Waals surface area contributed by atoms with Gasteiger partial charge in [0.25, 0.3) is 0 Å². The van der Waals surface area contributed by atoms with Gasteiger partial charge in [0.2, 0.25) is 0 Å². The lowest BCUT2D eigenvalue weighted by molar-refractivity contribution is 0.208. The van der Waals surface area contributed by atoms with E-state index in [0.717, 1.165) is 25.7 Å². The van der Waals surface area contributed by atoms with Crippen molar-refractivity contribution < 1.29 is 13.6 Å². The van der Waals surface area contributed by atoms with Crippen LogP contribution >= 0.6 is 7.60 Å². The van der Waals surface area contributed by atoms with Crippen LogP contribution in [0.15, 0.2) is 12.4 Å².